The number of piperazine rings is 1. The van der Waals surface area contributed by atoms with Crippen LogP contribution < -0.4 is 0 Å². The number of fused-ring (bicyclic) bond motifs is 1. The Kier molecular flexibility index (Phi) is 6.59. The Labute approximate surface area is 198 Å². The van der Waals surface area contributed by atoms with Crippen LogP contribution in [0.25, 0.3) is 0 Å². The quantitative estimate of drug-likeness (QED) is 0.719. The van der Waals surface area contributed by atoms with Gasteiger partial charge in [0.2, 0.25) is 0 Å². The Morgan fingerprint density at radius 1 is 0.939 bits per heavy atom. The number of amides is 1. The lowest BCUT2D eigenvalue weighted by Gasteiger charge is -2.42. The molecule has 4 heterocycles. The van der Waals surface area contributed by atoms with Crippen LogP contribution in [0.2, 0.25) is 0 Å². The zero-order valence-corrected chi connectivity index (χ0v) is 20.6. The molecule has 3 aliphatic heterocycles. The van der Waals surface area contributed by atoms with E-state index in [4.69, 9.17) is 0 Å². The number of nitrogens with zero attached hydrogens (tertiary/aromatic N) is 5. The van der Waals surface area contributed by atoms with Crippen molar-refractivity contribution < 1.29 is 4.79 Å². The summed E-state index contributed by atoms with van der Waals surface area (Å²) in [6, 6.07) is 11.7. The number of carbonyl (C=O) groups is 1. The Hall–Kier alpha value is -2.15. The number of hydrogen-bond donors (Lipinski definition) is 0. The second-order valence-corrected chi connectivity index (χ2v) is 10.4. The molecule has 0 atom stereocenters. The molecule has 1 aromatic carbocycles. The zero-order chi connectivity index (χ0) is 22.9. The summed E-state index contributed by atoms with van der Waals surface area (Å²) in [5.74, 6) is 0.208. The molecule has 5 rings (SSSR count). The molecule has 0 saturated carbocycles. The van der Waals surface area contributed by atoms with Gasteiger partial charge in [0.25, 0.3) is 5.91 Å². The highest BCUT2D eigenvalue weighted by atomic mass is 16.2. The maximum absolute atomic E-state index is 13.4. The van der Waals surface area contributed by atoms with Crippen LogP contribution in [0.3, 0.4) is 0 Å². The van der Waals surface area contributed by atoms with E-state index in [0.29, 0.717) is 6.04 Å². The van der Waals surface area contributed by atoms with Gasteiger partial charge < -0.3 is 14.4 Å². The van der Waals surface area contributed by atoms with Gasteiger partial charge in [-0.3, -0.25) is 14.6 Å². The molecule has 6 heteroatoms. The predicted molar refractivity (Wildman–Crippen MR) is 132 cm³/mol. The van der Waals surface area contributed by atoms with Crippen molar-refractivity contribution in [3.05, 3.63) is 58.4 Å². The molecule has 0 bridgehead atoms. The summed E-state index contributed by atoms with van der Waals surface area (Å²) in [6.07, 6.45) is 3.52. The zero-order valence-electron chi connectivity index (χ0n) is 20.6. The number of hydrogen-bond acceptors (Lipinski definition) is 4. The molecule has 2 fully saturated rings. The average molecular weight is 450 g/mol. The van der Waals surface area contributed by atoms with Gasteiger partial charge in [0.15, 0.2) is 0 Å². The van der Waals surface area contributed by atoms with Gasteiger partial charge in [-0.15, -0.1) is 0 Å². The molecule has 0 N–H and O–H groups in total. The van der Waals surface area contributed by atoms with Gasteiger partial charge in [-0.05, 0) is 57.1 Å². The smallest absolute Gasteiger partial charge is 0.270 e. The standard InChI is InChI=1S/C27H39N5O/c1-21-4-6-22(7-5-21)19-30-13-10-25-23(20-30)18-26(29(25)3)27(33)32-16-14-31(15-17-32)24-8-11-28(2)12-9-24/h4-7,18,24H,8-17,19-20H2,1-3H3. The van der Waals surface area contributed by atoms with E-state index in [1.807, 2.05) is 0 Å². The van der Waals surface area contributed by atoms with Gasteiger partial charge in [-0.25, -0.2) is 0 Å². The Balaban J connectivity index is 1.20. The first-order valence-corrected chi connectivity index (χ1v) is 12.6. The lowest BCUT2D eigenvalue weighted by molar-refractivity contribution is 0.0468. The molecule has 2 saturated heterocycles. The number of piperidine rings is 1. The summed E-state index contributed by atoms with van der Waals surface area (Å²) in [5.41, 5.74) is 6.19. The Morgan fingerprint density at radius 2 is 1.64 bits per heavy atom. The summed E-state index contributed by atoms with van der Waals surface area (Å²) >= 11 is 0. The van der Waals surface area contributed by atoms with E-state index in [2.05, 4.69) is 75.5 Å². The van der Waals surface area contributed by atoms with E-state index in [9.17, 15) is 4.79 Å². The maximum atomic E-state index is 13.4. The van der Waals surface area contributed by atoms with E-state index < -0.39 is 0 Å². The molecule has 0 spiro atoms. The van der Waals surface area contributed by atoms with E-state index in [1.54, 1.807) is 0 Å². The maximum Gasteiger partial charge on any atom is 0.270 e. The van der Waals surface area contributed by atoms with Gasteiger partial charge in [0, 0.05) is 71.0 Å². The molecule has 2 aromatic rings. The molecule has 1 amide bonds. The number of rotatable bonds is 4. The van der Waals surface area contributed by atoms with E-state index in [-0.39, 0.29) is 5.91 Å². The Bertz CT molecular complexity index is 965. The van der Waals surface area contributed by atoms with E-state index in [1.165, 1.54) is 48.3 Å². The summed E-state index contributed by atoms with van der Waals surface area (Å²) < 4.78 is 2.17. The normalized spacial score (nSPS) is 21.4. The van der Waals surface area contributed by atoms with Crippen LogP contribution in [0.5, 0.6) is 0 Å². The number of likely N-dealkylation sites (tertiary alicyclic amines) is 1. The minimum Gasteiger partial charge on any atom is -0.343 e. The van der Waals surface area contributed by atoms with Gasteiger partial charge in [-0.2, -0.15) is 0 Å². The van der Waals surface area contributed by atoms with Crippen LogP contribution in [-0.2, 0) is 26.6 Å². The van der Waals surface area contributed by atoms with Crippen molar-refractivity contribution in [1.29, 1.82) is 0 Å². The second kappa shape index (κ2) is 9.61. The fraction of sp³-hybridized carbons (Fsp3) is 0.593. The molecule has 0 unspecified atom stereocenters. The monoisotopic (exact) mass is 449 g/mol. The average Bonchev–Trinajstić information content (AvgIpc) is 3.16. The highest BCUT2D eigenvalue weighted by Gasteiger charge is 2.31. The minimum atomic E-state index is 0.208. The van der Waals surface area contributed by atoms with Crippen molar-refractivity contribution in [2.75, 3.05) is 52.9 Å². The number of benzene rings is 1. The van der Waals surface area contributed by atoms with E-state index >= 15 is 0 Å². The Morgan fingerprint density at radius 3 is 2.33 bits per heavy atom. The highest BCUT2D eigenvalue weighted by Crippen LogP contribution is 2.25. The summed E-state index contributed by atoms with van der Waals surface area (Å²) in [5, 5.41) is 0. The number of carbonyl (C=O) groups excluding carboxylic acids is 1. The molecule has 1 aromatic heterocycles. The van der Waals surface area contributed by atoms with Gasteiger partial charge >= 0.3 is 0 Å². The van der Waals surface area contributed by atoms with E-state index in [0.717, 1.165) is 57.9 Å². The van der Waals surface area contributed by atoms with Crippen molar-refractivity contribution in [1.82, 2.24) is 24.2 Å². The predicted octanol–water partition coefficient (Wildman–Crippen LogP) is 2.74. The fourth-order valence-electron chi connectivity index (χ4n) is 5.86. The first-order valence-electron chi connectivity index (χ1n) is 12.6. The number of aryl methyl sites for hydroxylation is 1. The second-order valence-electron chi connectivity index (χ2n) is 10.4. The molecule has 6 nitrogen and oxygen atoms in total. The molecule has 178 valence electrons. The molecule has 0 aliphatic carbocycles. The molecule has 33 heavy (non-hydrogen) atoms. The van der Waals surface area contributed by atoms with Gasteiger partial charge in [-0.1, -0.05) is 29.8 Å². The third-order valence-corrected chi connectivity index (χ3v) is 8.06. The van der Waals surface area contributed by atoms with Crippen molar-refractivity contribution in [3.63, 3.8) is 0 Å². The van der Waals surface area contributed by atoms with Crippen molar-refractivity contribution in [2.45, 2.75) is 45.3 Å². The van der Waals surface area contributed by atoms with Gasteiger partial charge in [0.1, 0.15) is 5.69 Å². The van der Waals surface area contributed by atoms with Crippen LogP contribution in [0.4, 0.5) is 0 Å². The lowest BCUT2D eigenvalue weighted by atomic mass is 10.0. The van der Waals surface area contributed by atoms with Gasteiger partial charge in [0.05, 0.1) is 0 Å². The fourth-order valence-corrected chi connectivity index (χ4v) is 5.86. The van der Waals surface area contributed by atoms with Crippen LogP contribution in [-0.4, -0.2) is 89.0 Å². The van der Waals surface area contributed by atoms with Crippen molar-refractivity contribution in [2.24, 2.45) is 7.05 Å². The topological polar surface area (TPSA) is 35.0 Å². The SMILES string of the molecule is Cc1ccc(CN2CCc3c(cc(C(=O)N4CCN(C5CCN(C)CC5)CC4)n3C)C2)cc1. The minimum absolute atomic E-state index is 0.208. The first-order chi connectivity index (χ1) is 16.0. The van der Waals surface area contributed by atoms with Crippen LogP contribution >= 0.6 is 0 Å². The summed E-state index contributed by atoms with van der Waals surface area (Å²) in [7, 11) is 4.30. The van der Waals surface area contributed by atoms with Crippen LogP contribution in [0.1, 0.15) is 45.7 Å². The third-order valence-electron chi connectivity index (χ3n) is 8.06. The van der Waals surface area contributed by atoms with Crippen LogP contribution in [0, 0.1) is 6.92 Å². The van der Waals surface area contributed by atoms with Crippen molar-refractivity contribution in [3.8, 4) is 0 Å². The van der Waals surface area contributed by atoms with Crippen LogP contribution in [0.15, 0.2) is 30.3 Å². The summed E-state index contributed by atoms with van der Waals surface area (Å²) in [6.45, 7) is 11.2. The highest BCUT2D eigenvalue weighted by molar-refractivity contribution is 5.93. The lowest BCUT2D eigenvalue weighted by Crippen LogP contribution is -2.54. The molecule has 3 aliphatic rings. The largest absolute Gasteiger partial charge is 0.343 e. The van der Waals surface area contributed by atoms with Crippen molar-refractivity contribution >= 4 is 5.91 Å². The molecule has 0 radical (unpaired) electrons. The molecular formula is C27H39N5O. The number of aromatic nitrogens is 1. The summed E-state index contributed by atoms with van der Waals surface area (Å²) in [4.78, 5) is 23.1. The first kappa shape index (κ1) is 22.6. The molecular weight excluding hydrogens is 410 g/mol. The third kappa shape index (κ3) is 4.88.